The maximum absolute atomic E-state index is 12.5. The monoisotopic (exact) mass is 250 g/mol. The second-order valence-corrected chi connectivity index (χ2v) is 4.26. The average Bonchev–Trinajstić information content (AvgIpc) is 2.18. The quantitative estimate of drug-likeness (QED) is 0.620. The Morgan fingerprint density at radius 3 is 2.47 bits per heavy atom. The average molecular weight is 250 g/mol. The van der Waals surface area contributed by atoms with Crippen LogP contribution in [0.4, 0.5) is 13.6 Å². The molecule has 3 N–H and O–H groups in total. The molecule has 0 aromatic carbocycles. The number of hydrogen-bond acceptors (Lipinski definition) is 2. The van der Waals surface area contributed by atoms with Crippen LogP contribution in [-0.2, 0) is 4.79 Å². The molecule has 7 heteroatoms. The van der Waals surface area contributed by atoms with E-state index in [-0.39, 0.29) is 38.3 Å². The topological polar surface area (TPSA) is 78.4 Å². The van der Waals surface area contributed by atoms with Crippen molar-refractivity contribution in [1.82, 2.24) is 10.6 Å². The fourth-order valence-corrected chi connectivity index (χ4v) is 1.67. The molecular formula is C10H16F2N2O3. The minimum atomic E-state index is -2.57. The third kappa shape index (κ3) is 5.46. The van der Waals surface area contributed by atoms with Gasteiger partial charge in [0.05, 0.1) is 0 Å². The highest BCUT2D eigenvalue weighted by Crippen LogP contribution is 2.41. The van der Waals surface area contributed by atoms with Crippen LogP contribution < -0.4 is 10.6 Å². The number of rotatable bonds is 6. The van der Waals surface area contributed by atoms with Crippen molar-refractivity contribution in [2.24, 2.45) is 5.92 Å². The number of carbonyl (C=O) groups is 2. The molecule has 0 spiro atoms. The van der Waals surface area contributed by atoms with Crippen LogP contribution in [0.2, 0.25) is 0 Å². The zero-order chi connectivity index (χ0) is 12.9. The van der Waals surface area contributed by atoms with Gasteiger partial charge in [0.25, 0.3) is 0 Å². The van der Waals surface area contributed by atoms with Gasteiger partial charge in [0, 0.05) is 32.4 Å². The van der Waals surface area contributed by atoms with Gasteiger partial charge in [-0.3, -0.25) is 4.79 Å². The summed E-state index contributed by atoms with van der Waals surface area (Å²) in [6.45, 7) is 0.499. The first kappa shape index (κ1) is 13.7. The lowest BCUT2D eigenvalue weighted by Crippen LogP contribution is -2.45. The predicted octanol–water partition coefficient (Wildman–Crippen LogP) is 1.20. The number of halogens is 2. The molecule has 0 aliphatic heterocycles. The standard InChI is InChI=1S/C10H16F2N2O3/c11-10(12)4-7(5-10)6-14-9(17)13-3-1-2-8(15)16/h7H,1-6H2,(H,15,16)(H2,13,14,17). The third-order valence-corrected chi connectivity index (χ3v) is 2.58. The fourth-order valence-electron chi connectivity index (χ4n) is 1.67. The molecule has 1 saturated carbocycles. The highest BCUT2D eigenvalue weighted by molar-refractivity contribution is 5.73. The van der Waals surface area contributed by atoms with Crippen molar-refractivity contribution in [3.8, 4) is 0 Å². The minimum absolute atomic E-state index is 0.00483. The molecule has 0 saturated heterocycles. The fraction of sp³-hybridized carbons (Fsp3) is 0.800. The smallest absolute Gasteiger partial charge is 0.314 e. The lowest BCUT2D eigenvalue weighted by atomic mass is 9.81. The second-order valence-electron chi connectivity index (χ2n) is 4.26. The van der Waals surface area contributed by atoms with Crippen molar-refractivity contribution >= 4 is 12.0 Å². The summed E-state index contributed by atoms with van der Waals surface area (Å²) in [5.74, 6) is -3.64. The van der Waals surface area contributed by atoms with Crippen LogP contribution in [0.25, 0.3) is 0 Å². The Kier molecular flexibility index (Phi) is 4.65. The maximum Gasteiger partial charge on any atom is 0.314 e. The number of carboxylic acid groups (broad SMARTS) is 1. The third-order valence-electron chi connectivity index (χ3n) is 2.58. The minimum Gasteiger partial charge on any atom is -0.481 e. The molecule has 0 radical (unpaired) electrons. The van der Waals surface area contributed by atoms with Crippen LogP contribution in [-0.4, -0.2) is 36.1 Å². The highest BCUT2D eigenvalue weighted by Gasteiger charge is 2.44. The van der Waals surface area contributed by atoms with Gasteiger partial charge in [-0.25, -0.2) is 13.6 Å². The van der Waals surface area contributed by atoms with Gasteiger partial charge in [-0.1, -0.05) is 0 Å². The molecule has 0 heterocycles. The van der Waals surface area contributed by atoms with Gasteiger partial charge in [-0.2, -0.15) is 0 Å². The first-order valence-electron chi connectivity index (χ1n) is 5.50. The molecule has 1 aliphatic rings. The van der Waals surface area contributed by atoms with Crippen molar-refractivity contribution in [2.75, 3.05) is 13.1 Å². The molecule has 2 amide bonds. The number of amides is 2. The van der Waals surface area contributed by atoms with E-state index in [1.807, 2.05) is 0 Å². The molecular weight excluding hydrogens is 234 g/mol. The van der Waals surface area contributed by atoms with E-state index in [9.17, 15) is 18.4 Å². The Morgan fingerprint density at radius 1 is 1.29 bits per heavy atom. The van der Waals surface area contributed by atoms with Gasteiger partial charge in [-0.15, -0.1) is 0 Å². The number of carboxylic acids is 1. The van der Waals surface area contributed by atoms with Crippen molar-refractivity contribution in [2.45, 2.75) is 31.6 Å². The molecule has 0 unspecified atom stereocenters. The number of nitrogens with one attached hydrogen (secondary N) is 2. The summed E-state index contributed by atoms with van der Waals surface area (Å²) >= 11 is 0. The molecule has 0 bridgehead atoms. The van der Waals surface area contributed by atoms with Crippen LogP contribution in [0.5, 0.6) is 0 Å². The van der Waals surface area contributed by atoms with E-state index in [1.165, 1.54) is 0 Å². The molecule has 0 atom stereocenters. The normalized spacial score (nSPS) is 18.2. The van der Waals surface area contributed by atoms with Gasteiger partial charge in [0.15, 0.2) is 0 Å². The van der Waals surface area contributed by atoms with E-state index in [2.05, 4.69) is 10.6 Å². The van der Waals surface area contributed by atoms with E-state index in [0.29, 0.717) is 6.42 Å². The number of alkyl halides is 2. The summed E-state index contributed by atoms with van der Waals surface area (Å²) in [7, 11) is 0. The Bertz CT molecular complexity index is 289. The highest BCUT2D eigenvalue weighted by atomic mass is 19.3. The molecule has 0 aromatic rings. The first-order chi connectivity index (χ1) is 7.89. The predicted molar refractivity (Wildman–Crippen MR) is 55.9 cm³/mol. The largest absolute Gasteiger partial charge is 0.481 e. The number of aliphatic carboxylic acids is 1. The van der Waals surface area contributed by atoms with Gasteiger partial charge >= 0.3 is 12.0 Å². The molecule has 1 rings (SSSR count). The summed E-state index contributed by atoms with van der Waals surface area (Å²) in [5, 5.41) is 13.3. The number of hydrogen-bond donors (Lipinski definition) is 3. The lowest BCUT2D eigenvalue weighted by Gasteiger charge is -2.34. The van der Waals surface area contributed by atoms with E-state index in [1.54, 1.807) is 0 Å². The van der Waals surface area contributed by atoms with Crippen LogP contribution in [0, 0.1) is 5.92 Å². The molecule has 17 heavy (non-hydrogen) atoms. The lowest BCUT2D eigenvalue weighted by molar-refractivity contribution is -0.137. The number of urea groups is 1. The van der Waals surface area contributed by atoms with Crippen LogP contribution in [0.1, 0.15) is 25.7 Å². The Morgan fingerprint density at radius 2 is 1.94 bits per heavy atom. The Labute approximate surface area is 97.6 Å². The molecule has 98 valence electrons. The van der Waals surface area contributed by atoms with E-state index >= 15 is 0 Å². The van der Waals surface area contributed by atoms with Crippen LogP contribution >= 0.6 is 0 Å². The van der Waals surface area contributed by atoms with E-state index in [0.717, 1.165) is 0 Å². The van der Waals surface area contributed by atoms with Crippen molar-refractivity contribution in [3.05, 3.63) is 0 Å². The van der Waals surface area contributed by atoms with Gasteiger partial charge in [0.2, 0.25) is 5.92 Å². The summed E-state index contributed by atoms with van der Waals surface area (Å²) < 4.78 is 24.9. The van der Waals surface area contributed by atoms with E-state index < -0.39 is 17.9 Å². The number of carbonyl (C=O) groups excluding carboxylic acids is 1. The summed E-state index contributed by atoms with van der Waals surface area (Å²) in [4.78, 5) is 21.3. The van der Waals surface area contributed by atoms with E-state index in [4.69, 9.17) is 5.11 Å². The van der Waals surface area contributed by atoms with Gasteiger partial charge in [0.1, 0.15) is 0 Å². The van der Waals surface area contributed by atoms with Crippen LogP contribution in [0.3, 0.4) is 0 Å². The zero-order valence-corrected chi connectivity index (χ0v) is 9.34. The van der Waals surface area contributed by atoms with Crippen molar-refractivity contribution in [3.63, 3.8) is 0 Å². The second kappa shape index (κ2) is 5.79. The van der Waals surface area contributed by atoms with Crippen molar-refractivity contribution < 1.29 is 23.5 Å². The van der Waals surface area contributed by atoms with Crippen LogP contribution in [0.15, 0.2) is 0 Å². The molecule has 0 aromatic heterocycles. The molecule has 1 fully saturated rings. The zero-order valence-electron chi connectivity index (χ0n) is 9.34. The maximum atomic E-state index is 12.5. The SMILES string of the molecule is O=C(O)CCCNC(=O)NCC1CC(F)(F)C1. The summed E-state index contributed by atoms with van der Waals surface area (Å²) in [6.07, 6.45) is -0.00201. The summed E-state index contributed by atoms with van der Waals surface area (Å²) in [6, 6.07) is -0.439. The molecule has 1 aliphatic carbocycles. The first-order valence-corrected chi connectivity index (χ1v) is 5.50. The van der Waals surface area contributed by atoms with Crippen molar-refractivity contribution in [1.29, 1.82) is 0 Å². The molecule has 5 nitrogen and oxygen atoms in total. The Balaban J connectivity index is 1.97. The van der Waals surface area contributed by atoms with Gasteiger partial charge in [-0.05, 0) is 12.3 Å². The summed E-state index contributed by atoms with van der Waals surface area (Å²) in [5.41, 5.74) is 0. The van der Waals surface area contributed by atoms with Gasteiger partial charge < -0.3 is 15.7 Å². The Hall–Kier alpha value is -1.40.